The summed E-state index contributed by atoms with van der Waals surface area (Å²) in [5, 5.41) is 18.2. The lowest BCUT2D eigenvalue weighted by Crippen LogP contribution is -2.07. The van der Waals surface area contributed by atoms with Crippen LogP contribution in [0.15, 0.2) is 35.4 Å². The van der Waals surface area contributed by atoms with Gasteiger partial charge in [0.15, 0.2) is 0 Å². The minimum atomic E-state index is -0.573. The molecule has 0 aliphatic rings. The van der Waals surface area contributed by atoms with Gasteiger partial charge in [0.2, 0.25) is 0 Å². The molecule has 0 saturated heterocycles. The van der Waals surface area contributed by atoms with Crippen LogP contribution in [-0.4, -0.2) is 25.9 Å². The lowest BCUT2D eigenvalue weighted by Gasteiger charge is -2.09. The van der Waals surface area contributed by atoms with Crippen LogP contribution in [-0.2, 0) is 7.05 Å². The van der Waals surface area contributed by atoms with E-state index in [9.17, 15) is 5.11 Å². The molecule has 1 aromatic carbocycles. The predicted molar refractivity (Wildman–Crippen MR) is 68.1 cm³/mol. The highest BCUT2D eigenvalue weighted by molar-refractivity contribution is 7.99. The van der Waals surface area contributed by atoms with E-state index in [-0.39, 0.29) is 0 Å². The lowest BCUT2D eigenvalue weighted by atomic mass is 10.3. The Morgan fingerprint density at radius 2 is 2.12 bits per heavy atom. The van der Waals surface area contributed by atoms with Crippen molar-refractivity contribution in [1.82, 2.24) is 15.0 Å². The third-order valence-electron chi connectivity index (χ3n) is 2.31. The zero-order chi connectivity index (χ0) is 12.3. The molecule has 0 saturated carbocycles. The standard InChI is InChI=1S/C11H12ClN3OS/c1-15-10(6-13-14-15)11(16)7-17-9-4-2-8(12)3-5-9/h2-6,11,16H,7H2,1H3. The van der Waals surface area contributed by atoms with E-state index in [1.165, 1.54) is 0 Å². The molecule has 1 N–H and O–H groups in total. The van der Waals surface area contributed by atoms with Crippen molar-refractivity contribution in [2.45, 2.75) is 11.0 Å². The molecule has 0 radical (unpaired) electrons. The minimum absolute atomic E-state index is 0.558. The molecule has 6 heteroatoms. The second-order valence-electron chi connectivity index (χ2n) is 3.56. The average Bonchev–Trinajstić information content (AvgIpc) is 2.74. The van der Waals surface area contributed by atoms with E-state index in [2.05, 4.69) is 10.3 Å². The predicted octanol–water partition coefficient (Wildman–Crippen LogP) is 2.29. The quantitative estimate of drug-likeness (QED) is 0.866. The maximum atomic E-state index is 9.96. The van der Waals surface area contributed by atoms with Crippen LogP contribution in [0.4, 0.5) is 0 Å². The van der Waals surface area contributed by atoms with Gasteiger partial charge in [0.05, 0.1) is 11.9 Å². The summed E-state index contributed by atoms with van der Waals surface area (Å²) in [6.45, 7) is 0. The van der Waals surface area contributed by atoms with Gasteiger partial charge in [0.25, 0.3) is 0 Å². The Balaban J connectivity index is 1.94. The minimum Gasteiger partial charge on any atom is -0.386 e. The zero-order valence-electron chi connectivity index (χ0n) is 9.25. The number of benzene rings is 1. The number of halogens is 1. The van der Waals surface area contributed by atoms with E-state index in [0.717, 1.165) is 4.90 Å². The first-order valence-electron chi connectivity index (χ1n) is 5.08. The van der Waals surface area contributed by atoms with Gasteiger partial charge < -0.3 is 5.11 Å². The SMILES string of the molecule is Cn1nncc1C(O)CSc1ccc(Cl)cc1. The summed E-state index contributed by atoms with van der Waals surface area (Å²) >= 11 is 7.36. The Kier molecular flexibility index (Phi) is 4.04. The maximum absolute atomic E-state index is 9.96. The van der Waals surface area contributed by atoms with Crippen molar-refractivity contribution >= 4 is 23.4 Å². The topological polar surface area (TPSA) is 50.9 Å². The largest absolute Gasteiger partial charge is 0.386 e. The molecule has 0 bridgehead atoms. The van der Waals surface area contributed by atoms with Crippen molar-refractivity contribution in [3.63, 3.8) is 0 Å². The van der Waals surface area contributed by atoms with Crippen molar-refractivity contribution in [3.8, 4) is 0 Å². The normalized spacial score (nSPS) is 12.6. The maximum Gasteiger partial charge on any atom is 0.107 e. The molecule has 2 aromatic rings. The molecule has 17 heavy (non-hydrogen) atoms. The van der Waals surface area contributed by atoms with Crippen LogP contribution in [0.3, 0.4) is 0 Å². The van der Waals surface area contributed by atoms with Gasteiger partial charge >= 0.3 is 0 Å². The van der Waals surface area contributed by atoms with Crippen molar-refractivity contribution in [2.75, 3.05) is 5.75 Å². The highest BCUT2D eigenvalue weighted by Gasteiger charge is 2.12. The first kappa shape index (κ1) is 12.4. The molecular formula is C11H12ClN3OS. The first-order chi connectivity index (χ1) is 8.16. The van der Waals surface area contributed by atoms with E-state index < -0.39 is 6.10 Å². The summed E-state index contributed by atoms with van der Waals surface area (Å²) in [6, 6.07) is 7.53. The van der Waals surface area contributed by atoms with E-state index >= 15 is 0 Å². The van der Waals surface area contributed by atoms with Crippen molar-refractivity contribution in [3.05, 3.63) is 41.2 Å². The molecule has 1 aromatic heterocycles. The van der Waals surface area contributed by atoms with Crippen LogP contribution >= 0.6 is 23.4 Å². The number of rotatable bonds is 4. The highest BCUT2D eigenvalue weighted by atomic mass is 35.5. The molecule has 0 fully saturated rings. The van der Waals surface area contributed by atoms with Crippen LogP contribution in [0, 0.1) is 0 Å². The number of thioether (sulfide) groups is 1. The molecule has 0 amide bonds. The summed E-state index contributed by atoms with van der Waals surface area (Å²) in [5.74, 6) is 0.558. The van der Waals surface area contributed by atoms with Crippen LogP contribution < -0.4 is 0 Å². The van der Waals surface area contributed by atoms with E-state index in [1.807, 2.05) is 24.3 Å². The molecule has 0 aliphatic heterocycles. The van der Waals surface area contributed by atoms with Gasteiger partial charge in [-0.2, -0.15) is 0 Å². The molecule has 1 unspecified atom stereocenters. The fourth-order valence-corrected chi connectivity index (χ4v) is 2.37. The smallest absolute Gasteiger partial charge is 0.107 e. The Labute approximate surface area is 109 Å². The van der Waals surface area contributed by atoms with Gasteiger partial charge in [-0.05, 0) is 24.3 Å². The number of aromatic nitrogens is 3. The molecule has 1 heterocycles. The van der Waals surface area contributed by atoms with Crippen LogP contribution in [0.25, 0.3) is 0 Å². The number of aryl methyl sites for hydroxylation is 1. The highest BCUT2D eigenvalue weighted by Crippen LogP contribution is 2.25. The average molecular weight is 270 g/mol. The molecule has 4 nitrogen and oxygen atoms in total. The van der Waals surface area contributed by atoms with E-state index in [4.69, 9.17) is 11.6 Å². The molecular weight excluding hydrogens is 258 g/mol. The van der Waals surface area contributed by atoms with Gasteiger partial charge in [-0.1, -0.05) is 16.8 Å². The summed E-state index contributed by atoms with van der Waals surface area (Å²) in [7, 11) is 1.76. The van der Waals surface area contributed by atoms with E-state index in [1.54, 1.807) is 29.7 Å². The lowest BCUT2D eigenvalue weighted by molar-refractivity contribution is 0.193. The molecule has 0 aliphatic carbocycles. The molecule has 90 valence electrons. The Bertz CT molecular complexity index is 486. The van der Waals surface area contributed by atoms with Crippen LogP contribution in [0.2, 0.25) is 5.02 Å². The summed E-state index contributed by atoms with van der Waals surface area (Å²) in [4.78, 5) is 1.07. The van der Waals surface area contributed by atoms with Gasteiger partial charge in [0.1, 0.15) is 6.10 Å². The Morgan fingerprint density at radius 3 is 2.71 bits per heavy atom. The van der Waals surface area contributed by atoms with Gasteiger partial charge in [-0.3, -0.25) is 0 Å². The summed E-state index contributed by atoms with van der Waals surface area (Å²) < 4.78 is 1.58. The summed E-state index contributed by atoms with van der Waals surface area (Å²) in [5.41, 5.74) is 0.714. The molecule has 2 rings (SSSR count). The molecule has 1 atom stereocenters. The van der Waals surface area contributed by atoms with Crippen molar-refractivity contribution < 1.29 is 5.11 Å². The van der Waals surface area contributed by atoms with Crippen molar-refractivity contribution in [2.24, 2.45) is 7.05 Å². The third-order valence-corrected chi connectivity index (χ3v) is 3.65. The van der Waals surface area contributed by atoms with Gasteiger partial charge in [-0.15, -0.1) is 16.9 Å². The van der Waals surface area contributed by atoms with Gasteiger partial charge in [-0.25, -0.2) is 4.68 Å². The zero-order valence-corrected chi connectivity index (χ0v) is 10.8. The molecule has 0 spiro atoms. The van der Waals surface area contributed by atoms with E-state index in [0.29, 0.717) is 16.5 Å². The van der Waals surface area contributed by atoms with Gasteiger partial charge in [0, 0.05) is 22.7 Å². The number of aliphatic hydroxyl groups excluding tert-OH is 1. The number of hydrogen-bond acceptors (Lipinski definition) is 4. The number of aliphatic hydroxyl groups is 1. The second-order valence-corrected chi connectivity index (χ2v) is 5.09. The fraction of sp³-hybridized carbons (Fsp3) is 0.273. The first-order valence-corrected chi connectivity index (χ1v) is 6.44. The third kappa shape index (κ3) is 3.21. The number of hydrogen-bond donors (Lipinski definition) is 1. The van der Waals surface area contributed by atoms with Crippen LogP contribution in [0.5, 0.6) is 0 Å². The van der Waals surface area contributed by atoms with Crippen LogP contribution in [0.1, 0.15) is 11.8 Å². The Morgan fingerprint density at radius 1 is 1.41 bits per heavy atom. The second kappa shape index (κ2) is 5.53. The Hall–Kier alpha value is -1.04. The summed E-state index contributed by atoms with van der Waals surface area (Å²) in [6.07, 6.45) is 1.00. The fourth-order valence-electron chi connectivity index (χ4n) is 1.39. The monoisotopic (exact) mass is 269 g/mol. The van der Waals surface area contributed by atoms with Crippen molar-refractivity contribution in [1.29, 1.82) is 0 Å². The number of nitrogens with zero attached hydrogens (tertiary/aromatic N) is 3.